The molecule has 0 unspecified atom stereocenters. The van der Waals surface area contributed by atoms with E-state index in [4.69, 9.17) is 4.52 Å². The van der Waals surface area contributed by atoms with Crippen LogP contribution in [0.25, 0.3) is 11.1 Å². The number of fused-ring (bicyclic) bond motifs is 1. The van der Waals surface area contributed by atoms with E-state index in [1.807, 2.05) is 13.0 Å². The summed E-state index contributed by atoms with van der Waals surface area (Å²) >= 11 is 0. The van der Waals surface area contributed by atoms with E-state index >= 15 is 0 Å². The number of carboxylic acid groups (broad SMARTS) is 1. The van der Waals surface area contributed by atoms with Gasteiger partial charge in [-0.2, -0.15) is 0 Å². The lowest BCUT2D eigenvalue weighted by Crippen LogP contribution is -2.40. The number of aliphatic carboxylic acids is 1. The molecule has 2 aromatic rings. The summed E-state index contributed by atoms with van der Waals surface area (Å²) < 4.78 is 5.40. The quantitative estimate of drug-likeness (QED) is 0.896. The molecule has 132 valence electrons. The number of likely N-dealkylation sites (tertiary alicyclic amines) is 1. The lowest BCUT2D eigenvalue weighted by molar-refractivity contribution is -0.141. The van der Waals surface area contributed by atoms with E-state index in [9.17, 15) is 14.7 Å². The van der Waals surface area contributed by atoms with Gasteiger partial charge in [0.25, 0.3) is 11.6 Å². The Balaban J connectivity index is 1.82. The van der Waals surface area contributed by atoms with E-state index in [1.54, 1.807) is 0 Å². The first-order valence-electron chi connectivity index (χ1n) is 8.93. The van der Waals surface area contributed by atoms with Gasteiger partial charge in [-0.3, -0.25) is 4.79 Å². The molecular weight excluding hydrogens is 322 g/mol. The summed E-state index contributed by atoms with van der Waals surface area (Å²) in [6.45, 7) is 2.50. The second-order valence-corrected chi connectivity index (χ2v) is 6.92. The molecule has 1 N–H and O–H groups in total. The average molecular weight is 343 g/mol. The summed E-state index contributed by atoms with van der Waals surface area (Å²) in [5, 5.41) is 14.2. The van der Waals surface area contributed by atoms with Crippen molar-refractivity contribution >= 4 is 23.0 Å². The molecule has 0 bridgehead atoms. The Bertz CT molecular complexity index is 840. The second kappa shape index (κ2) is 6.13. The average Bonchev–Trinajstić information content (AvgIpc) is 3.19. The van der Waals surface area contributed by atoms with Crippen LogP contribution in [0.5, 0.6) is 0 Å². The molecule has 1 saturated heterocycles. The monoisotopic (exact) mass is 343 g/mol. The van der Waals surface area contributed by atoms with Crippen LogP contribution in [0.4, 0.5) is 0 Å². The van der Waals surface area contributed by atoms with Gasteiger partial charge in [-0.15, -0.1) is 0 Å². The number of hydrogen-bond donors (Lipinski definition) is 1. The van der Waals surface area contributed by atoms with Crippen molar-refractivity contribution in [1.82, 2.24) is 15.0 Å². The molecule has 3 heterocycles. The van der Waals surface area contributed by atoms with Crippen LogP contribution in [0.2, 0.25) is 0 Å². The molecule has 2 aromatic heterocycles. The van der Waals surface area contributed by atoms with Crippen LogP contribution in [0.1, 0.15) is 66.7 Å². The molecule has 0 radical (unpaired) electrons. The van der Waals surface area contributed by atoms with Gasteiger partial charge in [0.15, 0.2) is 0 Å². The van der Waals surface area contributed by atoms with Gasteiger partial charge in [-0.25, -0.2) is 9.78 Å². The number of pyridine rings is 1. The summed E-state index contributed by atoms with van der Waals surface area (Å²) in [4.78, 5) is 30.7. The lowest BCUT2D eigenvalue weighted by Gasteiger charge is -2.22. The minimum Gasteiger partial charge on any atom is -0.480 e. The molecule has 2 aliphatic rings. The van der Waals surface area contributed by atoms with Crippen molar-refractivity contribution in [3.05, 3.63) is 23.0 Å². The van der Waals surface area contributed by atoms with Crippen molar-refractivity contribution in [2.75, 3.05) is 6.54 Å². The summed E-state index contributed by atoms with van der Waals surface area (Å²) in [5.41, 5.74) is 2.45. The third kappa shape index (κ3) is 2.77. The molecule has 7 heteroatoms. The number of carbonyl (C=O) groups is 2. The van der Waals surface area contributed by atoms with Crippen LogP contribution >= 0.6 is 0 Å². The Labute approximate surface area is 145 Å². The number of carbonyl (C=O) groups excluding carboxylic acids is 1. The van der Waals surface area contributed by atoms with Crippen molar-refractivity contribution in [2.24, 2.45) is 0 Å². The molecule has 4 rings (SSSR count). The number of aromatic nitrogens is 2. The normalized spacial score (nSPS) is 20.4. The zero-order valence-electron chi connectivity index (χ0n) is 14.2. The molecule has 1 aliphatic carbocycles. The van der Waals surface area contributed by atoms with Crippen molar-refractivity contribution in [1.29, 1.82) is 0 Å². The van der Waals surface area contributed by atoms with Crippen molar-refractivity contribution in [3.8, 4) is 0 Å². The van der Waals surface area contributed by atoms with Gasteiger partial charge in [0.2, 0.25) is 0 Å². The molecule has 2 fully saturated rings. The molecule has 1 saturated carbocycles. The first kappa shape index (κ1) is 16.1. The fourth-order valence-corrected chi connectivity index (χ4v) is 3.62. The summed E-state index contributed by atoms with van der Waals surface area (Å²) in [6.07, 6.45) is 4.89. The van der Waals surface area contributed by atoms with Gasteiger partial charge in [-0.05, 0) is 38.2 Å². The fourth-order valence-electron chi connectivity index (χ4n) is 3.62. The highest BCUT2D eigenvalue weighted by Crippen LogP contribution is 2.41. The molecule has 1 aliphatic heterocycles. The molecule has 1 amide bonds. The van der Waals surface area contributed by atoms with E-state index in [2.05, 4.69) is 10.1 Å². The number of rotatable bonds is 5. The fraction of sp³-hybridized carbons (Fsp3) is 0.556. The number of amides is 1. The molecule has 0 aromatic carbocycles. The standard InChI is InChI=1S/C18H21N3O4/c1-2-4-12-15-11(17(22)21-8-3-5-14(21)18(23)24)9-13(10-6-7-10)19-16(15)25-20-12/h9-10,14H,2-8H2,1H3,(H,23,24)/t14-/m1/s1. The SMILES string of the molecule is CCCc1noc2nc(C3CC3)cc(C(=O)N3CCC[C@@H]3C(=O)O)c12. The van der Waals surface area contributed by atoms with E-state index in [-0.39, 0.29) is 5.91 Å². The van der Waals surface area contributed by atoms with Crippen LogP contribution in [0, 0.1) is 0 Å². The molecule has 0 spiro atoms. The zero-order chi connectivity index (χ0) is 17.6. The highest BCUT2D eigenvalue weighted by Gasteiger charge is 2.37. The van der Waals surface area contributed by atoms with Gasteiger partial charge in [0, 0.05) is 18.2 Å². The molecule has 7 nitrogen and oxygen atoms in total. The number of nitrogens with zero attached hydrogens (tertiary/aromatic N) is 3. The number of aryl methyl sites for hydroxylation is 1. The minimum atomic E-state index is -0.947. The minimum absolute atomic E-state index is 0.250. The summed E-state index contributed by atoms with van der Waals surface area (Å²) in [5.74, 6) is -0.832. The van der Waals surface area contributed by atoms with Crippen LogP contribution in [0.3, 0.4) is 0 Å². The zero-order valence-corrected chi connectivity index (χ0v) is 14.2. The van der Waals surface area contributed by atoms with Crippen molar-refractivity contribution in [3.63, 3.8) is 0 Å². The molecule has 25 heavy (non-hydrogen) atoms. The van der Waals surface area contributed by atoms with E-state index in [0.717, 1.165) is 30.7 Å². The Kier molecular flexibility index (Phi) is 3.94. The van der Waals surface area contributed by atoms with Crippen LogP contribution in [-0.4, -0.2) is 44.6 Å². The maximum Gasteiger partial charge on any atom is 0.326 e. The second-order valence-electron chi connectivity index (χ2n) is 6.92. The van der Waals surface area contributed by atoms with E-state index < -0.39 is 12.0 Å². The third-order valence-electron chi connectivity index (χ3n) is 5.05. The third-order valence-corrected chi connectivity index (χ3v) is 5.05. The Morgan fingerprint density at radius 1 is 1.36 bits per heavy atom. The van der Waals surface area contributed by atoms with Crippen molar-refractivity contribution in [2.45, 2.75) is 57.4 Å². The van der Waals surface area contributed by atoms with Gasteiger partial charge in [0.1, 0.15) is 6.04 Å². The Morgan fingerprint density at radius 3 is 2.84 bits per heavy atom. The van der Waals surface area contributed by atoms with Crippen LogP contribution in [0.15, 0.2) is 10.6 Å². The number of hydrogen-bond acceptors (Lipinski definition) is 5. The van der Waals surface area contributed by atoms with Gasteiger partial charge < -0.3 is 14.5 Å². The van der Waals surface area contributed by atoms with Gasteiger partial charge in [-0.1, -0.05) is 18.5 Å². The maximum absolute atomic E-state index is 13.2. The topological polar surface area (TPSA) is 96.5 Å². The lowest BCUT2D eigenvalue weighted by atomic mass is 10.0. The predicted octanol–water partition coefficient (Wildman–Crippen LogP) is 2.74. The Hall–Kier alpha value is -2.44. The molecule has 1 atom stereocenters. The first-order valence-corrected chi connectivity index (χ1v) is 8.93. The Morgan fingerprint density at radius 2 is 2.16 bits per heavy atom. The smallest absolute Gasteiger partial charge is 0.326 e. The number of carboxylic acids is 1. The summed E-state index contributed by atoms with van der Waals surface area (Å²) in [6, 6.07) is 1.07. The largest absolute Gasteiger partial charge is 0.480 e. The highest BCUT2D eigenvalue weighted by atomic mass is 16.5. The summed E-state index contributed by atoms with van der Waals surface area (Å²) in [7, 11) is 0. The van der Waals surface area contributed by atoms with Crippen LogP contribution < -0.4 is 0 Å². The maximum atomic E-state index is 13.2. The van der Waals surface area contributed by atoms with Gasteiger partial charge in [0.05, 0.1) is 16.6 Å². The molecular formula is C18H21N3O4. The predicted molar refractivity (Wildman–Crippen MR) is 89.5 cm³/mol. The van der Waals surface area contributed by atoms with E-state index in [1.165, 1.54) is 4.90 Å². The highest BCUT2D eigenvalue weighted by molar-refractivity contribution is 6.07. The van der Waals surface area contributed by atoms with Gasteiger partial charge >= 0.3 is 5.97 Å². The first-order chi connectivity index (χ1) is 12.1. The van der Waals surface area contributed by atoms with Crippen molar-refractivity contribution < 1.29 is 19.2 Å². The van der Waals surface area contributed by atoms with E-state index in [0.29, 0.717) is 48.4 Å². The van der Waals surface area contributed by atoms with Crippen LogP contribution in [-0.2, 0) is 11.2 Å².